The quantitative estimate of drug-likeness (QED) is 0.105. The molecule has 5 aromatic carbocycles. The highest BCUT2D eigenvalue weighted by molar-refractivity contribution is 6.07. The van der Waals surface area contributed by atoms with E-state index < -0.39 is 24.3 Å². The highest BCUT2D eigenvalue weighted by atomic mass is 16.5. The zero-order valence-electron chi connectivity index (χ0n) is 40.3. The zero-order valence-corrected chi connectivity index (χ0v) is 40.3. The molecular weight excluding hydrogens is 869 g/mol. The second-order valence-corrected chi connectivity index (χ2v) is 19.9. The summed E-state index contributed by atoms with van der Waals surface area (Å²) in [7, 11) is 2.62. The lowest BCUT2D eigenvalue weighted by atomic mass is 9.83. The molecule has 4 N–H and O–H groups in total. The normalized spacial score (nSPS) is 20.8. The van der Waals surface area contributed by atoms with Gasteiger partial charge in [0.2, 0.25) is 5.91 Å². The lowest BCUT2D eigenvalue weighted by Crippen LogP contribution is -2.51. The number of carbonyl (C=O) groups excluding carboxylic acids is 4. The Morgan fingerprint density at radius 2 is 1.28 bits per heavy atom. The maximum Gasteiger partial charge on any atom is 0.407 e. The molecule has 0 spiro atoms. The number of hydrogen-bond acceptors (Lipinski definition) is 8. The van der Waals surface area contributed by atoms with E-state index in [0.717, 1.165) is 91.2 Å². The van der Waals surface area contributed by atoms with Crippen molar-refractivity contribution >= 4 is 67.6 Å². The van der Waals surface area contributed by atoms with Crippen LogP contribution in [-0.4, -0.2) is 86.6 Å². The van der Waals surface area contributed by atoms with E-state index in [2.05, 4.69) is 95.1 Å². The summed E-state index contributed by atoms with van der Waals surface area (Å²) in [6, 6.07) is 27.1. The van der Waals surface area contributed by atoms with Gasteiger partial charge in [-0.05, 0) is 114 Å². The molecular formula is C55H62N8O6. The van der Waals surface area contributed by atoms with Crippen LogP contribution >= 0.6 is 0 Å². The van der Waals surface area contributed by atoms with Gasteiger partial charge in [-0.25, -0.2) is 19.6 Å². The number of aromatic amines is 2. The van der Waals surface area contributed by atoms with Crippen LogP contribution in [0, 0.1) is 11.8 Å². The third-order valence-electron chi connectivity index (χ3n) is 15.2. The Hall–Kier alpha value is -6.96. The fourth-order valence-electron chi connectivity index (χ4n) is 11.6. The number of rotatable bonds is 10. The van der Waals surface area contributed by atoms with Crippen LogP contribution in [0.25, 0.3) is 54.7 Å². The van der Waals surface area contributed by atoms with E-state index in [1.165, 1.54) is 51.9 Å². The molecule has 69 heavy (non-hydrogen) atoms. The lowest BCUT2D eigenvalue weighted by Gasteiger charge is -2.32. The molecule has 358 valence electrons. The zero-order chi connectivity index (χ0) is 48.1. The summed E-state index contributed by atoms with van der Waals surface area (Å²) in [4.78, 5) is 74.6. The van der Waals surface area contributed by atoms with Gasteiger partial charge >= 0.3 is 12.2 Å². The number of H-pyrrole nitrogens is 2. The van der Waals surface area contributed by atoms with E-state index in [-0.39, 0.29) is 41.8 Å². The molecule has 1 aliphatic carbocycles. The minimum atomic E-state index is -0.920. The average Bonchev–Trinajstić information content (AvgIpc) is 4.19. The summed E-state index contributed by atoms with van der Waals surface area (Å²) < 4.78 is 9.84. The largest absolute Gasteiger partial charge is 0.453 e. The topological polar surface area (TPSA) is 175 Å². The second-order valence-electron chi connectivity index (χ2n) is 19.9. The Morgan fingerprint density at radius 1 is 0.681 bits per heavy atom. The summed E-state index contributed by atoms with van der Waals surface area (Å²) in [6.45, 7) is 8.64. The second kappa shape index (κ2) is 18.9. The third-order valence-corrected chi connectivity index (χ3v) is 15.2. The van der Waals surface area contributed by atoms with Crippen molar-refractivity contribution < 1.29 is 28.7 Å². The van der Waals surface area contributed by atoms with Crippen molar-refractivity contribution in [2.24, 2.45) is 11.8 Å². The Bertz CT molecular complexity index is 3080. The van der Waals surface area contributed by atoms with E-state index in [4.69, 9.17) is 19.4 Å². The maximum atomic E-state index is 14.8. The number of amides is 4. The first kappa shape index (κ1) is 45.8. The Morgan fingerprint density at radius 3 is 1.88 bits per heavy atom. The molecule has 0 unspecified atom stereocenters. The van der Waals surface area contributed by atoms with Crippen molar-refractivity contribution in [3.05, 3.63) is 108 Å². The molecule has 6 atom stereocenters. The molecule has 2 saturated heterocycles. The first-order valence-corrected chi connectivity index (χ1v) is 24.7. The molecule has 4 amide bonds. The SMILES string of the molecule is COC(=O)N[C@H](C(=O)N1CCC[C@H]1c1nc2ccc3cc(-c4ccc5c(ccc6nc([C@@H]7[C@H](C)C[C@H](C)N7C(=O)[C@H](NC(=O)OC)c7ccc(C8CCCCC8)cc7)[nH]c65)c4)ccc3c2[nH]1)C(C)C. The first-order chi connectivity index (χ1) is 33.4. The highest BCUT2D eigenvalue weighted by Gasteiger charge is 2.45. The Kier molecular flexibility index (Phi) is 12.5. The van der Waals surface area contributed by atoms with Gasteiger partial charge in [0.1, 0.15) is 23.7 Å². The van der Waals surface area contributed by atoms with E-state index in [0.29, 0.717) is 12.5 Å². The van der Waals surface area contributed by atoms with E-state index in [1.807, 2.05) is 47.9 Å². The molecule has 10 rings (SSSR count). The summed E-state index contributed by atoms with van der Waals surface area (Å²) in [5.41, 5.74) is 7.63. The summed E-state index contributed by atoms with van der Waals surface area (Å²) in [5, 5.41) is 9.78. The van der Waals surface area contributed by atoms with Crippen molar-refractivity contribution in [1.82, 2.24) is 40.4 Å². The number of methoxy groups -OCH3 is 2. The van der Waals surface area contributed by atoms with Gasteiger partial charge in [0.15, 0.2) is 0 Å². The Labute approximate surface area is 401 Å². The van der Waals surface area contributed by atoms with Crippen molar-refractivity contribution in [2.45, 2.75) is 115 Å². The molecule has 2 aromatic heterocycles. The molecule has 4 heterocycles. The molecule has 14 heteroatoms. The van der Waals surface area contributed by atoms with Crippen LogP contribution in [0.15, 0.2) is 84.9 Å². The number of ether oxygens (including phenoxy) is 2. The average molecular weight is 931 g/mol. The van der Waals surface area contributed by atoms with E-state index in [9.17, 15) is 19.2 Å². The predicted octanol–water partition coefficient (Wildman–Crippen LogP) is 10.9. The predicted molar refractivity (Wildman–Crippen MR) is 267 cm³/mol. The van der Waals surface area contributed by atoms with Crippen molar-refractivity contribution in [2.75, 3.05) is 20.8 Å². The molecule has 3 fully saturated rings. The van der Waals surface area contributed by atoms with Gasteiger partial charge in [-0.15, -0.1) is 0 Å². The highest BCUT2D eigenvalue weighted by Crippen LogP contribution is 2.43. The lowest BCUT2D eigenvalue weighted by molar-refractivity contribution is -0.137. The fraction of sp³-hybridized carbons (Fsp3) is 0.418. The number of alkyl carbamates (subject to hydrolysis) is 2. The number of fused-ring (bicyclic) bond motifs is 6. The number of nitrogens with zero attached hydrogens (tertiary/aromatic N) is 4. The van der Waals surface area contributed by atoms with Crippen LogP contribution in [0.2, 0.25) is 0 Å². The standard InChI is InChI=1S/C55H62N8O6/c1-30(2)45(60-54(66)68-5)52(64)62-26-10-13-44(62)50-56-42-24-20-38-28-36(18-22-40(38)47(42)58-50)37-19-23-41-39(29-37)21-25-43-48(41)59-51(57-43)49-31(3)27-32(4)63(49)53(65)46(61-55(67)69-6)35-16-14-34(15-17-35)33-11-8-7-9-12-33/h14-25,28-33,44-46,49H,7-13,26-27H2,1-6H3,(H,56,58)(H,57,59)(H,60,66)(H,61,67)/t31-,32+,44+,45+,46-,49+/m1/s1. The van der Waals surface area contributed by atoms with Gasteiger partial charge in [-0.3, -0.25) is 9.59 Å². The van der Waals surface area contributed by atoms with Gasteiger partial charge in [-0.1, -0.05) is 101 Å². The van der Waals surface area contributed by atoms with Gasteiger partial charge in [0, 0.05) is 23.4 Å². The fourth-order valence-corrected chi connectivity index (χ4v) is 11.6. The number of imidazole rings is 2. The van der Waals surface area contributed by atoms with Crippen LogP contribution in [0.5, 0.6) is 0 Å². The van der Waals surface area contributed by atoms with E-state index in [1.54, 1.807) is 0 Å². The first-order valence-electron chi connectivity index (χ1n) is 24.7. The number of nitrogens with one attached hydrogen (secondary N) is 4. The Balaban J connectivity index is 0.910. The summed E-state index contributed by atoms with van der Waals surface area (Å²) in [6.07, 6.45) is 7.24. The molecule has 1 saturated carbocycles. The van der Waals surface area contributed by atoms with Crippen LogP contribution in [0.4, 0.5) is 9.59 Å². The maximum absolute atomic E-state index is 14.8. The van der Waals surface area contributed by atoms with Gasteiger partial charge in [0.25, 0.3) is 5.91 Å². The number of likely N-dealkylation sites (tertiary alicyclic amines) is 2. The van der Waals surface area contributed by atoms with E-state index >= 15 is 0 Å². The minimum Gasteiger partial charge on any atom is -0.453 e. The van der Waals surface area contributed by atoms with Gasteiger partial charge in [0.05, 0.1) is 48.4 Å². The van der Waals surface area contributed by atoms with Crippen LogP contribution < -0.4 is 10.6 Å². The summed E-state index contributed by atoms with van der Waals surface area (Å²) in [5.74, 6) is 1.65. The number of hydrogen-bond donors (Lipinski definition) is 4. The molecule has 0 radical (unpaired) electrons. The number of carbonyl (C=O) groups is 4. The molecule has 3 aliphatic rings. The van der Waals surface area contributed by atoms with Gasteiger partial charge < -0.3 is 39.9 Å². The molecule has 7 aromatic rings. The van der Waals surface area contributed by atoms with Crippen molar-refractivity contribution in [3.63, 3.8) is 0 Å². The van der Waals surface area contributed by atoms with Crippen LogP contribution in [0.3, 0.4) is 0 Å². The number of benzene rings is 5. The smallest absolute Gasteiger partial charge is 0.407 e. The van der Waals surface area contributed by atoms with Crippen LogP contribution in [-0.2, 0) is 19.1 Å². The molecule has 0 bridgehead atoms. The van der Waals surface area contributed by atoms with Crippen LogP contribution in [0.1, 0.15) is 126 Å². The minimum absolute atomic E-state index is 0.0870. The third kappa shape index (κ3) is 8.63. The van der Waals surface area contributed by atoms with Crippen molar-refractivity contribution in [1.29, 1.82) is 0 Å². The number of aromatic nitrogens is 4. The molecule has 2 aliphatic heterocycles. The summed E-state index contributed by atoms with van der Waals surface area (Å²) >= 11 is 0. The van der Waals surface area contributed by atoms with Crippen molar-refractivity contribution in [3.8, 4) is 11.1 Å². The monoisotopic (exact) mass is 930 g/mol. The molecule has 14 nitrogen and oxygen atoms in total. The van der Waals surface area contributed by atoms with Gasteiger partial charge in [-0.2, -0.15) is 0 Å².